The van der Waals surface area contributed by atoms with Gasteiger partial charge in [0.15, 0.2) is 5.78 Å². The van der Waals surface area contributed by atoms with Gasteiger partial charge in [0, 0.05) is 23.4 Å². The van der Waals surface area contributed by atoms with Crippen LogP contribution in [-0.4, -0.2) is 62.0 Å². The lowest BCUT2D eigenvalue weighted by atomic mass is 9.80. The number of hydrogen-bond acceptors (Lipinski definition) is 7. The third kappa shape index (κ3) is 12.6. The summed E-state index contributed by atoms with van der Waals surface area (Å²) in [6, 6.07) is 14.5. The second-order valence-corrected chi connectivity index (χ2v) is 11.4. The lowest BCUT2D eigenvalue weighted by Gasteiger charge is -2.37. The Morgan fingerprint density at radius 1 is 0.976 bits per heavy atom. The summed E-state index contributed by atoms with van der Waals surface area (Å²) in [7, 11) is 0. The van der Waals surface area contributed by atoms with Crippen molar-refractivity contribution in [3.05, 3.63) is 59.2 Å². The number of hydrogen-bond donors (Lipinski definition) is 1. The Kier molecular flexibility index (Phi) is 16.4. The van der Waals surface area contributed by atoms with Crippen LogP contribution in [0.2, 0.25) is 0 Å². The third-order valence-electron chi connectivity index (χ3n) is 7.51. The van der Waals surface area contributed by atoms with Crippen molar-refractivity contribution in [2.75, 3.05) is 19.7 Å². The second kappa shape index (κ2) is 18.8. The Morgan fingerprint density at radius 3 is 2.07 bits per heavy atom. The number of ether oxygens (including phenoxy) is 2. The van der Waals surface area contributed by atoms with E-state index in [1.165, 1.54) is 18.4 Å². The normalized spacial score (nSPS) is 15.5. The van der Waals surface area contributed by atoms with E-state index >= 15 is 0 Å². The number of aryl methyl sites for hydroxylation is 2. The zero-order valence-corrected chi connectivity index (χ0v) is 26.2. The Balaban J connectivity index is 0.000000433. The number of benzene rings is 2. The fourth-order valence-corrected chi connectivity index (χ4v) is 4.63. The van der Waals surface area contributed by atoms with Gasteiger partial charge >= 0.3 is 0 Å². The summed E-state index contributed by atoms with van der Waals surface area (Å²) in [6.07, 6.45) is 6.97. The van der Waals surface area contributed by atoms with E-state index in [0.717, 1.165) is 67.4 Å². The molecule has 0 atom stereocenters. The van der Waals surface area contributed by atoms with Gasteiger partial charge in [-0.2, -0.15) is 0 Å². The Hall–Kier alpha value is -3.52. The van der Waals surface area contributed by atoms with Crippen LogP contribution in [0.3, 0.4) is 0 Å². The molecule has 1 aliphatic heterocycles. The van der Waals surface area contributed by atoms with Crippen molar-refractivity contribution in [3.8, 4) is 11.5 Å². The monoisotopic (exact) mass is 582 g/mol. The topological polar surface area (TPSA) is 116 Å². The molecule has 4 rings (SSSR count). The summed E-state index contributed by atoms with van der Waals surface area (Å²) in [5, 5.41) is 0. The minimum atomic E-state index is -0.231. The smallest absolute Gasteiger partial charge is 0.223 e. The fourth-order valence-electron chi connectivity index (χ4n) is 4.63. The standard InChI is InChI=1S/C22H28O3.C10H18N2O.2CH2O/c1-16(2)25-22-13-10-19(15-18(22)4)21(23)7-5-6-14-24-20-11-8-17(3)9-12-20;1-10(9(11)13)4-6-12(7-5-10)8-2-3-8;2*1-2/h8-13,15-16H,5-7,14H2,1-4H3;8H,2-7H2,1H3,(H2,11,13);2*1H2. The maximum atomic E-state index is 12.3. The molecule has 232 valence electrons. The number of likely N-dealkylation sites (tertiary alicyclic amines) is 1. The predicted molar refractivity (Wildman–Crippen MR) is 167 cm³/mol. The maximum Gasteiger partial charge on any atom is 0.223 e. The molecule has 0 spiro atoms. The molecule has 1 aliphatic carbocycles. The molecule has 42 heavy (non-hydrogen) atoms. The minimum Gasteiger partial charge on any atom is -0.494 e. The van der Waals surface area contributed by atoms with Gasteiger partial charge in [-0.15, -0.1) is 0 Å². The molecule has 1 saturated carbocycles. The first-order valence-electron chi connectivity index (χ1n) is 14.7. The Bertz CT molecular complexity index is 1090. The molecule has 2 N–H and O–H groups in total. The van der Waals surface area contributed by atoms with Crippen molar-refractivity contribution >= 4 is 25.3 Å². The second-order valence-electron chi connectivity index (χ2n) is 11.4. The van der Waals surface area contributed by atoms with Crippen LogP contribution in [0.4, 0.5) is 0 Å². The molecular formula is C34H50N2O6. The van der Waals surface area contributed by atoms with Crippen molar-refractivity contribution in [2.24, 2.45) is 11.1 Å². The lowest BCUT2D eigenvalue weighted by molar-refractivity contribution is -0.129. The number of nitrogens with two attached hydrogens (primary N) is 1. The summed E-state index contributed by atoms with van der Waals surface area (Å²) in [4.78, 5) is 42.0. The van der Waals surface area contributed by atoms with E-state index in [-0.39, 0.29) is 23.2 Å². The SMILES string of the molecule is C=O.C=O.CC1(C(N)=O)CCN(C2CC2)CC1.Cc1ccc(OCCCCC(=O)c2ccc(OC(C)C)c(C)c2)cc1. The van der Waals surface area contributed by atoms with E-state index in [0.29, 0.717) is 13.0 Å². The van der Waals surface area contributed by atoms with Crippen molar-refractivity contribution in [2.45, 2.75) is 91.7 Å². The molecule has 1 heterocycles. The van der Waals surface area contributed by atoms with E-state index in [2.05, 4.69) is 11.8 Å². The molecule has 2 aromatic carbocycles. The van der Waals surface area contributed by atoms with E-state index in [1.807, 2.05) is 83.7 Å². The van der Waals surface area contributed by atoms with Gasteiger partial charge in [0.2, 0.25) is 5.91 Å². The highest BCUT2D eigenvalue weighted by Gasteiger charge is 2.39. The summed E-state index contributed by atoms with van der Waals surface area (Å²) in [6.45, 7) is 16.8. The van der Waals surface area contributed by atoms with Crippen molar-refractivity contribution in [3.63, 3.8) is 0 Å². The average Bonchev–Trinajstić information content (AvgIpc) is 3.83. The van der Waals surface area contributed by atoms with E-state index in [4.69, 9.17) is 24.8 Å². The number of carbonyl (C=O) groups is 4. The summed E-state index contributed by atoms with van der Waals surface area (Å²) < 4.78 is 11.4. The fraction of sp³-hybridized carbons (Fsp3) is 0.529. The number of nitrogens with zero attached hydrogens (tertiary/aromatic N) is 1. The van der Waals surface area contributed by atoms with E-state index in [1.54, 1.807) is 0 Å². The number of ketones is 1. The zero-order chi connectivity index (χ0) is 31.7. The minimum absolute atomic E-state index is 0.122. The van der Waals surface area contributed by atoms with Gasteiger partial charge in [0.05, 0.1) is 12.7 Å². The van der Waals surface area contributed by atoms with E-state index < -0.39 is 0 Å². The largest absolute Gasteiger partial charge is 0.494 e. The van der Waals surface area contributed by atoms with Crippen LogP contribution in [0.25, 0.3) is 0 Å². The molecule has 8 heteroatoms. The predicted octanol–water partition coefficient (Wildman–Crippen LogP) is 5.89. The highest BCUT2D eigenvalue weighted by Crippen LogP contribution is 2.36. The molecule has 2 aliphatic rings. The van der Waals surface area contributed by atoms with Gasteiger partial charge in [-0.05, 0) is 115 Å². The molecule has 1 saturated heterocycles. The Morgan fingerprint density at radius 2 is 1.57 bits per heavy atom. The number of Topliss-reactive ketones (excluding diaryl/α,β-unsaturated/α-hetero) is 1. The molecular weight excluding hydrogens is 532 g/mol. The van der Waals surface area contributed by atoms with Crippen molar-refractivity contribution in [1.29, 1.82) is 0 Å². The van der Waals surface area contributed by atoms with Crippen LogP contribution in [0.15, 0.2) is 42.5 Å². The van der Waals surface area contributed by atoms with Crippen LogP contribution in [0, 0.1) is 19.3 Å². The number of unbranched alkanes of at least 4 members (excludes halogenated alkanes) is 1. The summed E-state index contributed by atoms with van der Waals surface area (Å²) in [5.74, 6) is 1.78. The molecule has 1 amide bonds. The number of rotatable bonds is 11. The molecule has 2 aromatic rings. The van der Waals surface area contributed by atoms with Crippen LogP contribution < -0.4 is 15.2 Å². The third-order valence-corrected chi connectivity index (χ3v) is 7.51. The maximum absolute atomic E-state index is 12.3. The molecule has 0 aromatic heterocycles. The van der Waals surface area contributed by atoms with Crippen LogP contribution in [0.1, 0.15) is 87.2 Å². The molecule has 0 radical (unpaired) electrons. The highest BCUT2D eigenvalue weighted by molar-refractivity contribution is 5.96. The van der Waals surface area contributed by atoms with Crippen molar-refractivity contribution in [1.82, 2.24) is 4.90 Å². The van der Waals surface area contributed by atoms with Crippen LogP contribution in [0.5, 0.6) is 11.5 Å². The van der Waals surface area contributed by atoms with Gasteiger partial charge in [0.1, 0.15) is 25.1 Å². The van der Waals surface area contributed by atoms with Crippen molar-refractivity contribution < 1.29 is 28.7 Å². The molecule has 8 nitrogen and oxygen atoms in total. The molecule has 0 unspecified atom stereocenters. The Labute approximate surface area is 251 Å². The molecule has 2 fully saturated rings. The number of carbonyl (C=O) groups excluding carboxylic acids is 4. The van der Waals surface area contributed by atoms with Gasteiger partial charge in [-0.25, -0.2) is 0 Å². The first-order valence-corrected chi connectivity index (χ1v) is 14.7. The van der Waals surface area contributed by atoms with Gasteiger partial charge in [0.25, 0.3) is 0 Å². The van der Waals surface area contributed by atoms with Crippen LogP contribution in [-0.2, 0) is 14.4 Å². The summed E-state index contributed by atoms with van der Waals surface area (Å²) in [5.41, 5.74) is 8.13. The quantitative estimate of drug-likeness (QED) is 0.259. The summed E-state index contributed by atoms with van der Waals surface area (Å²) >= 11 is 0. The first-order chi connectivity index (χ1) is 20.1. The lowest BCUT2D eigenvalue weighted by Crippen LogP contribution is -2.46. The molecule has 0 bridgehead atoms. The van der Waals surface area contributed by atoms with Gasteiger partial charge in [-0.3, -0.25) is 9.59 Å². The first kappa shape index (κ1) is 36.5. The zero-order valence-electron chi connectivity index (χ0n) is 26.2. The average molecular weight is 583 g/mol. The van der Waals surface area contributed by atoms with E-state index in [9.17, 15) is 9.59 Å². The van der Waals surface area contributed by atoms with Gasteiger partial charge < -0.3 is 29.7 Å². The number of amides is 1. The van der Waals surface area contributed by atoms with Crippen LogP contribution >= 0.6 is 0 Å². The number of piperidine rings is 1. The van der Waals surface area contributed by atoms with Gasteiger partial charge in [-0.1, -0.05) is 24.6 Å². The highest BCUT2D eigenvalue weighted by atomic mass is 16.5. The number of primary amides is 1.